The minimum atomic E-state index is -0.505. The number of nitrogens with zero attached hydrogens (tertiary/aromatic N) is 2. The highest BCUT2D eigenvalue weighted by atomic mass is 79.9. The van der Waals surface area contributed by atoms with Crippen LogP contribution in [-0.4, -0.2) is 21.5 Å². The molecule has 3 aromatic rings. The maximum atomic E-state index is 13.3. The minimum absolute atomic E-state index is 0.0321. The number of carbonyl (C=O) groups is 2. The van der Waals surface area contributed by atoms with Crippen molar-refractivity contribution in [1.82, 2.24) is 9.88 Å². The van der Waals surface area contributed by atoms with Crippen LogP contribution in [0.3, 0.4) is 0 Å². The summed E-state index contributed by atoms with van der Waals surface area (Å²) in [4.78, 5) is 27.2. The van der Waals surface area contributed by atoms with E-state index in [9.17, 15) is 9.59 Å². The summed E-state index contributed by atoms with van der Waals surface area (Å²) >= 11 is 12.1. The Morgan fingerprint density at radius 1 is 0.935 bits per heavy atom. The van der Waals surface area contributed by atoms with Gasteiger partial charge in [0.05, 0.1) is 5.69 Å². The molecule has 0 radical (unpaired) electrons. The maximum absolute atomic E-state index is 13.3. The van der Waals surface area contributed by atoms with Gasteiger partial charge in [-0.25, -0.2) is 0 Å². The highest BCUT2D eigenvalue weighted by Crippen LogP contribution is 2.27. The average Bonchev–Trinajstić information content (AvgIpc) is 2.99. The van der Waals surface area contributed by atoms with Crippen LogP contribution in [0.5, 0.6) is 0 Å². The first-order chi connectivity index (χ1) is 14.8. The van der Waals surface area contributed by atoms with E-state index in [0.29, 0.717) is 5.69 Å². The Morgan fingerprint density at radius 3 is 2.32 bits per heavy atom. The number of halogens is 2. The molecule has 2 heterocycles. The van der Waals surface area contributed by atoms with Crippen LogP contribution in [0.25, 0.3) is 11.8 Å². The Morgan fingerprint density at radius 2 is 1.65 bits per heavy atom. The molecule has 31 heavy (non-hydrogen) atoms. The third-order valence-corrected chi connectivity index (χ3v) is 6.33. The topological polar surface area (TPSA) is 54.3 Å². The highest BCUT2D eigenvalue weighted by Gasteiger charge is 2.34. The van der Waals surface area contributed by atoms with Crippen LogP contribution in [0, 0.1) is 13.8 Å². The zero-order valence-corrected chi connectivity index (χ0v) is 20.6. The zero-order valence-electron chi connectivity index (χ0n) is 16.6. The number of nitrogens with one attached hydrogen (secondary N) is 1. The molecule has 0 spiro atoms. The second-order valence-corrected chi connectivity index (χ2v) is 9.29. The molecule has 4 rings (SSSR count). The molecule has 156 valence electrons. The van der Waals surface area contributed by atoms with Crippen molar-refractivity contribution in [2.24, 2.45) is 0 Å². The summed E-state index contributed by atoms with van der Waals surface area (Å²) in [6.45, 7) is 3.95. The van der Waals surface area contributed by atoms with Gasteiger partial charge in [-0.15, -0.1) is 0 Å². The molecule has 1 N–H and O–H groups in total. The van der Waals surface area contributed by atoms with E-state index in [1.54, 1.807) is 24.3 Å². The number of aryl methyl sites for hydroxylation is 1. The van der Waals surface area contributed by atoms with Gasteiger partial charge in [-0.1, -0.05) is 37.9 Å². The SMILES string of the molecule is Cc1cc(/C=C2/C(=O)NC(=S)N(c3cccc(Br)c3)C2=O)c(C)n1-c1ccc(Br)cc1. The van der Waals surface area contributed by atoms with Crippen LogP contribution >= 0.6 is 44.1 Å². The van der Waals surface area contributed by atoms with E-state index < -0.39 is 11.8 Å². The fraction of sp³-hybridized carbons (Fsp3) is 0.0870. The Bertz CT molecular complexity index is 1260. The standard InChI is InChI=1S/C23H17Br2N3O2S/c1-13-10-15(14(2)27(13)18-8-6-16(24)7-9-18)11-20-21(29)26-23(31)28(22(20)30)19-5-3-4-17(25)12-19/h3-12H,1-2H3,(H,26,29,31)/b20-11-. The first kappa shape index (κ1) is 21.7. The second-order valence-electron chi connectivity index (χ2n) is 7.08. The lowest BCUT2D eigenvalue weighted by Gasteiger charge is -2.29. The zero-order chi connectivity index (χ0) is 22.3. The Labute approximate surface area is 202 Å². The molecule has 1 fully saturated rings. The summed E-state index contributed by atoms with van der Waals surface area (Å²) in [5.74, 6) is -0.963. The third-order valence-electron chi connectivity index (χ3n) is 5.02. The van der Waals surface area contributed by atoms with E-state index >= 15 is 0 Å². The van der Waals surface area contributed by atoms with Crippen LogP contribution in [0.4, 0.5) is 5.69 Å². The molecule has 0 atom stereocenters. The quantitative estimate of drug-likeness (QED) is 0.264. The normalized spacial score (nSPS) is 15.5. The second kappa shape index (κ2) is 8.53. The van der Waals surface area contributed by atoms with Crippen LogP contribution in [0.1, 0.15) is 17.0 Å². The molecule has 8 heteroatoms. The number of thiocarbonyl (C=S) groups is 1. The van der Waals surface area contributed by atoms with Gasteiger partial charge in [0.25, 0.3) is 11.8 Å². The molecule has 1 saturated heterocycles. The van der Waals surface area contributed by atoms with E-state index in [1.165, 1.54) is 4.90 Å². The van der Waals surface area contributed by atoms with Gasteiger partial charge in [0.15, 0.2) is 5.11 Å². The summed E-state index contributed by atoms with van der Waals surface area (Å²) in [7, 11) is 0. The highest BCUT2D eigenvalue weighted by molar-refractivity contribution is 9.10. The summed E-state index contributed by atoms with van der Waals surface area (Å²) in [6.07, 6.45) is 1.63. The summed E-state index contributed by atoms with van der Waals surface area (Å²) in [5.41, 5.74) is 4.32. The Hall–Kier alpha value is -2.55. The fourth-order valence-corrected chi connectivity index (χ4v) is 4.52. The van der Waals surface area contributed by atoms with Gasteiger partial charge in [-0.05, 0) is 86.2 Å². The predicted octanol–water partition coefficient (Wildman–Crippen LogP) is 5.45. The van der Waals surface area contributed by atoms with Gasteiger partial charge >= 0.3 is 0 Å². The molecule has 0 bridgehead atoms. The van der Waals surface area contributed by atoms with Crippen molar-refractivity contribution in [2.75, 3.05) is 4.90 Å². The van der Waals surface area contributed by atoms with Crippen molar-refractivity contribution >= 4 is 72.8 Å². The number of carbonyl (C=O) groups excluding carboxylic acids is 2. The number of benzene rings is 2. The summed E-state index contributed by atoms with van der Waals surface area (Å²) in [6, 6.07) is 17.1. The monoisotopic (exact) mass is 557 g/mol. The van der Waals surface area contributed by atoms with E-state index in [1.807, 2.05) is 50.2 Å². The van der Waals surface area contributed by atoms with Crippen LogP contribution in [0.15, 0.2) is 69.1 Å². The van der Waals surface area contributed by atoms with Crippen LogP contribution in [0.2, 0.25) is 0 Å². The number of anilines is 1. The molecule has 1 aliphatic rings. The maximum Gasteiger partial charge on any atom is 0.270 e. The number of amides is 2. The molecule has 1 aliphatic heterocycles. The van der Waals surface area contributed by atoms with Crippen molar-refractivity contribution in [2.45, 2.75) is 13.8 Å². The molecule has 5 nitrogen and oxygen atoms in total. The largest absolute Gasteiger partial charge is 0.318 e. The van der Waals surface area contributed by atoms with Crippen molar-refractivity contribution < 1.29 is 9.59 Å². The van der Waals surface area contributed by atoms with Crippen LogP contribution < -0.4 is 10.2 Å². The van der Waals surface area contributed by atoms with Gasteiger partial charge in [0.1, 0.15) is 5.57 Å². The smallest absolute Gasteiger partial charge is 0.270 e. The lowest BCUT2D eigenvalue weighted by Crippen LogP contribution is -2.54. The summed E-state index contributed by atoms with van der Waals surface area (Å²) in [5, 5.41) is 2.69. The molecule has 0 aliphatic carbocycles. The molecule has 1 aromatic heterocycles. The molecular formula is C23H17Br2N3O2S. The van der Waals surface area contributed by atoms with Crippen LogP contribution in [-0.2, 0) is 9.59 Å². The Kier molecular flexibility index (Phi) is 5.96. The summed E-state index contributed by atoms with van der Waals surface area (Å²) < 4.78 is 3.89. The van der Waals surface area contributed by atoms with E-state index in [4.69, 9.17) is 12.2 Å². The first-order valence-electron chi connectivity index (χ1n) is 9.38. The van der Waals surface area contributed by atoms with Gasteiger partial charge < -0.3 is 4.57 Å². The van der Waals surface area contributed by atoms with E-state index in [-0.39, 0.29) is 10.7 Å². The van der Waals surface area contributed by atoms with Gasteiger partial charge in [0.2, 0.25) is 0 Å². The van der Waals surface area contributed by atoms with Crippen molar-refractivity contribution in [3.05, 3.63) is 86.1 Å². The molecule has 2 amide bonds. The lowest BCUT2D eigenvalue weighted by molar-refractivity contribution is -0.122. The predicted molar refractivity (Wildman–Crippen MR) is 133 cm³/mol. The number of hydrogen-bond donors (Lipinski definition) is 1. The van der Waals surface area contributed by atoms with Crippen molar-refractivity contribution in [1.29, 1.82) is 0 Å². The van der Waals surface area contributed by atoms with Crippen molar-refractivity contribution in [3.8, 4) is 5.69 Å². The fourth-order valence-electron chi connectivity index (χ4n) is 3.58. The average molecular weight is 559 g/mol. The van der Waals surface area contributed by atoms with Gasteiger partial charge in [0, 0.05) is 26.0 Å². The number of rotatable bonds is 3. The molecule has 0 unspecified atom stereocenters. The number of hydrogen-bond acceptors (Lipinski definition) is 3. The Balaban J connectivity index is 1.76. The molecule has 2 aromatic carbocycles. The van der Waals surface area contributed by atoms with E-state index in [2.05, 4.69) is 41.7 Å². The van der Waals surface area contributed by atoms with Crippen molar-refractivity contribution in [3.63, 3.8) is 0 Å². The first-order valence-corrected chi connectivity index (χ1v) is 11.4. The number of aromatic nitrogens is 1. The molecule has 0 saturated carbocycles. The molecular weight excluding hydrogens is 542 g/mol. The third kappa shape index (κ3) is 4.15. The van der Waals surface area contributed by atoms with Gasteiger partial charge in [-0.2, -0.15) is 0 Å². The lowest BCUT2D eigenvalue weighted by atomic mass is 10.1. The van der Waals surface area contributed by atoms with E-state index in [0.717, 1.165) is 31.6 Å². The minimum Gasteiger partial charge on any atom is -0.318 e. The van der Waals surface area contributed by atoms with Gasteiger partial charge in [-0.3, -0.25) is 19.8 Å².